The smallest absolute Gasteiger partial charge is 0.227 e. The predicted octanol–water partition coefficient (Wildman–Crippen LogP) is 12.1. The van der Waals surface area contributed by atoms with Gasteiger partial charge in [-0.2, -0.15) is 0 Å². The number of para-hydroxylation sites is 3. The van der Waals surface area contributed by atoms with E-state index in [0.717, 1.165) is 66.2 Å². The van der Waals surface area contributed by atoms with Crippen LogP contribution in [0.15, 0.2) is 180 Å². The Morgan fingerprint density at radius 2 is 1.00 bits per heavy atom. The maximum atomic E-state index is 6.18. The average Bonchev–Trinajstić information content (AvgIpc) is 3.83. The molecule has 8 aromatic carbocycles. The van der Waals surface area contributed by atoms with E-state index in [0.29, 0.717) is 23.4 Å². The molecule has 0 bridgehead atoms. The van der Waals surface area contributed by atoms with Crippen molar-refractivity contribution >= 4 is 54.5 Å². The van der Waals surface area contributed by atoms with E-state index in [1.54, 1.807) is 0 Å². The van der Waals surface area contributed by atoms with Crippen LogP contribution in [0.1, 0.15) is 0 Å². The molecule has 6 heteroatoms. The maximum Gasteiger partial charge on any atom is 0.227 e. The molecule has 0 amide bonds. The van der Waals surface area contributed by atoms with E-state index < -0.39 is 0 Å². The predicted molar refractivity (Wildman–Crippen MR) is 218 cm³/mol. The summed E-state index contributed by atoms with van der Waals surface area (Å²) in [5, 5.41) is 6.96. The SMILES string of the molecule is c1ccc(-c2nc(-c3ccc(-n4c5ccccc5c5ccc(-c6nc7ccccc7o6)cc54)cc3)nc(-c3cc4ccccc4c4ccccc34)n2)cc1. The van der Waals surface area contributed by atoms with E-state index in [2.05, 4.69) is 126 Å². The number of fused-ring (bicyclic) bond motifs is 7. The second kappa shape index (κ2) is 12.1. The van der Waals surface area contributed by atoms with Gasteiger partial charge in [-0.3, -0.25) is 0 Å². The fraction of sp³-hybridized carbons (Fsp3) is 0. The molecule has 0 fully saturated rings. The molecule has 3 aromatic heterocycles. The lowest BCUT2D eigenvalue weighted by molar-refractivity contribution is 0.620. The molecule has 3 heterocycles. The summed E-state index contributed by atoms with van der Waals surface area (Å²) in [5.41, 5.74) is 8.56. The standard InChI is InChI=1S/C48H29N5O/c1-2-12-30(13-3-1)45-50-46(52-47(51-45)40-28-32-14-4-5-15-35(32)36-16-6-7-17-37(36)40)31-22-25-34(26-23-31)53-42-20-10-8-18-38(42)39-27-24-33(29-43(39)53)48-49-41-19-9-11-21-44(41)54-48/h1-29H. The molecule has 0 aliphatic carbocycles. The fourth-order valence-electron chi connectivity index (χ4n) is 7.72. The first kappa shape index (κ1) is 30.2. The Labute approximate surface area is 309 Å². The Bertz CT molecular complexity index is 3180. The molecule has 252 valence electrons. The average molecular weight is 692 g/mol. The lowest BCUT2D eigenvalue weighted by Crippen LogP contribution is -2.01. The van der Waals surface area contributed by atoms with Crippen LogP contribution in [0.3, 0.4) is 0 Å². The monoisotopic (exact) mass is 691 g/mol. The molecule has 0 unspecified atom stereocenters. The van der Waals surface area contributed by atoms with Crippen molar-refractivity contribution in [1.82, 2.24) is 24.5 Å². The van der Waals surface area contributed by atoms with Crippen LogP contribution in [-0.2, 0) is 0 Å². The van der Waals surface area contributed by atoms with Gasteiger partial charge in [-0.1, -0.05) is 115 Å². The summed E-state index contributed by atoms with van der Waals surface area (Å²) in [6, 6.07) is 60.6. The molecule has 0 N–H and O–H groups in total. The molecule has 0 radical (unpaired) electrons. The zero-order valence-electron chi connectivity index (χ0n) is 28.9. The molecule has 11 aromatic rings. The van der Waals surface area contributed by atoms with E-state index in [4.69, 9.17) is 24.4 Å². The van der Waals surface area contributed by atoms with Crippen molar-refractivity contribution in [2.24, 2.45) is 0 Å². The highest BCUT2D eigenvalue weighted by molar-refractivity contribution is 6.13. The highest BCUT2D eigenvalue weighted by Gasteiger charge is 2.18. The molecule has 0 spiro atoms. The van der Waals surface area contributed by atoms with Crippen LogP contribution in [0.5, 0.6) is 0 Å². The third-order valence-electron chi connectivity index (χ3n) is 10.3. The van der Waals surface area contributed by atoms with Gasteiger partial charge in [0.05, 0.1) is 11.0 Å². The summed E-state index contributed by atoms with van der Waals surface area (Å²) in [7, 11) is 0. The molecule has 11 rings (SSSR count). The number of oxazole rings is 1. The van der Waals surface area contributed by atoms with Crippen molar-refractivity contribution in [3.05, 3.63) is 176 Å². The summed E-state index contributed by atoms with van der Waals surface area (Å²) < 4.78 is 8.48. The molecule has 0 atom stereocenters. The highest BCUT2D eigenvalue weighted by atomic mass is 16.3. The van der Waals surface area contributed by atoms with Gasteiger partial charge in [-0.05, 0) is 82.2 Å². The molecular formula is C48H29N5O. The van der Waals surface area contributed by atoms with Crippen LogP contribution < -0.4 is 0 Å². The Balaban J connectivity index is 1.07. The van der Waals surface area contributed by atoms with Gasteiger partial charge in [-0.15, -0.1) is 0 Å². The Morgan fingerprint density at radius 1 is 0.389 bits per heavy atom. The van der Waals surface area contributed by atoms with E-state index in [1.807, 2.05) is 54.6 Å². The van der Waals surface area contributed by atoms with Gasteiger partial charge in [0.25, 0.3) is 0 Å². The molecule has 0 saturated heterocycles. The van der Waals surface area contributed by atoms with Crippen LogP contribution >= 0.6 is 0 Å². The van der Waals surface area contributed by atoms with E-state index in [1.165, 1.54) is 16.2 Å². The minimum Gasteiger partial charge on any atom is -0.436 e. The minimum absolute atomic E-state index is 0.601. The largest absolute Gasteiger partial charge is 0.436 e. The fourth-order valence-corrected chi connectivity index (χ4v) is 7.72. The molecular weight excluding hydrogens is 663 g/mol. The number of benzene rings is 8. The summed E-state index contributed by atoms with van der Waals surface area (Å²) >= 11 is 0. The van der Waals surface area contributed by atoms with Crippen LogP contribution in [0, 0.1) is 0 Å². The van der Waals surface area contributed by atoms with Crippen molar-refractivity contribution in [1.29, 1.82) is 0 Å². The topological polar surface area (TPSA) is 69.6 Å². The first-order valence-corrected chi connectivity index (χ1v) is 18.0. The number of hydrogen-bond donors (Lipinski definition) is 0. The van der Waals surface area contributed by atoms with Gasteiger partial charge in [0.1, 0.15) is 5.52 Å². The van der Waals surface area contributed by atoms with Crippen molar-refractivity contribution in [2.45, 2.75) is 0 Å². The summed E-state index contributed by atoms with van der Waals surface area (Å²) in [4.78, 5) is 20.1. The van der Waals surface area contributed by atoms with E-state index in [9.17, 15) is 0 Å². The van der Waals surface area contributed by atoms with Crippen LogP contribution in [-0.4, -0.2) is 24.5 Å². The second-order valence-corrected chi connectivity index (χ2v) is 13.5. The number of hydrogen-bond acceptors (Lipinski definition) is 5. The lowest BCUT2D eigenvalue weighted by Gasteiger charge is -2.13. The third-order valence-corrected chi connectivity index (χ3v) is 10.3. The van der Waals surface area contributed by atoms with Crippen LogP contribution in [0.2, 0.25) is 0 Å². The zero-order chi connectivity index (χ0) is 35.6. The quantitative estimate of drug-likeness (QED) is 0.168. The highest BCUT2D eigenvalue weighted by Crippen LogP contribution is 2.37. The maximum absolute atomic E-state index is 6.18. The van der Waals surface area contributed by atoms with E-state index in [-0.39, 0.29) is 0 Å². The summed E-state index contributed by atoms with van der Waals surface area (Å²) in [6.45, 7) is 0. The molecule has 6 nitrogen and oxygen atoms in total. The van der Waals surface area contributed by atoms with Gasteiger partial charge in [-0.25, -0.2) is 19.9 Å². The number of aromatic nitrogens is 5. The van der Waals surface area contributed by atoms with Crippen molar-refractivity contribution in [2.75, 3.05) is 0 Å². The molecule has 0 saturated carbocycles. The van der Waals surface area contributed by atoms with Crippen molar-refractivity contribution < 1.29 is 4.42 Å². The number of nitrogens with zero attached hydrogens (tertiary/aromatic N) is 5. The summed E-state index contributed by atoms with van der Waals surface area (Å²) in [6.07, 6.45) is 0. The zero-order valence-corrected chi connectivity index (χ0v) is 28.9. The Hall–Kier alpha value is -7.44. The van der Waals surface area contributed by atoms with Gasteiger partial charge in [0, 0.05) is 38.7 Å². The van der Waals surface area contributed by atoms with Gasteiger partial charge < -0.3 is 8.98 Å². The third kappa shape index (κ3) is 4.89. The normalized spacial score (nSPS) is 11.7. The van der Waals surface area contributed by atoms with Gasteiger partial charge >= 0.3 is 0 Å². The van der Waals surface area contributed by atoms with Gasteiger partial charge in [0.2, 0.25) is 5.89 Å². The van der Waals surface area contributed by atoms with Crippen molar-refractivity contribution in [3.63, 3.8) is 0 Å². The Morgan fingerprint density at radius 3 is 1.81 bits per heavy atom. The first-order valence-electron chi connectivity index (χ1n) is 18.0. The number of rotatable bonds is 5. The molecule has 0 aliphatic rings. The lowest BCUT2D eigenvalue weighted by atomic mass is 9.97. The molecule has 54 heavy (non-hydrogen) atoms. The van der Waals surface area contributed by atoms with E-state index >= 15 is 0 Å². The second-order valence-electron chi connectivity index (χ2n) is 13.5. The Kier molecular flexibility index (Phi) is 6.75. The first-order chi connectivity index (χ1) is 26.7. The van der Waals surface area contributed by atoms with Crippen LogP contribution in [0.4, 0.5) is 0 Å². The van der Waals surface area contributed by atoms with Gasteiger partial charge in [0.15, 0.2) is 23.1 Å². The summed E-state index contributed by atoms with van der Waals surface area (Å²) in [5.74, 6) is 2.48. The molecule has 0 aliphatic heterocycles. The minimum atomic E-state index is 0.601. The van der Waals surface area contributed by atoms with Crippen LogP contribution in [0.25, 0.3) is 106 Å². The van der Waals surface area contributed by atoms with Crippen molar-refractivity contribution in [3.8, 4) is 51.3 Å².